The van der Waals surface area contributed by atoms with E-state index in [0.717, 1.165) is 12.1 Å². The number of nitriles is 1. The van der Waals surface area contributed by atoms with Crippen molar-refractivity contribution in [1.82, 2.24) is 14.6 Å². The first kappa shape index (κ1) is 23.9. The van der Waals surface area contributed by atoms with Gasteiger partial charge in [-0.2, -0.15) is 5.26 Å². The first-order valence-electron chi connectivity index (χ1n) is 10.4. The van der Waals surface area contributed by atoms with E-state index in [1.807, 2.05) is 6.07 Å². The Morgan fingerprint density at radius 3 is 2.60 bits per heavy atom. The smallest absolute Gasteiger partial charge is 0.232 e. The van der Waals surface area contributed by atoms with E-state index in [2.05, 4.69) is 20.2 Å². The Labute approximate surface area is 200 Å². The summed E-state index contributed by atoms with van der Waals surface area (Å²) in [6.07, 6.45) is 1.71. The summed E-state index contributed by atoms with van der Waals surface area (Å²) in [5.41, 5.74) is 2.19. The SMILES string of the molecule is CCS(=O)(=O)Nc1ccc(Oc2ccc(F)cc2F)c(-c2cc(NCC#N)c3nnc(C)n3c2)c1. The fourth-order valence-corrected chi connectivity index (χ4v) is 3.98. The molecule has 0 aliphatic carbocycles. The summed E-state index contributed by atoms with van der Waals surface area (Å²) in [5.74, 6) is -1.23. The predicted octanol–water partition coefficient (Wildman–Crippen LogP) is 4.47. The number of benzene rings is 2. The molecule has 35 heavy (non-hydrogen) atoms. The number of nitrogens with zero attached hydrogens (tertiary/aromatic N) is 4. The lowest BCUT2D eigenvalue weighted by atomic mass is 10.0. The molecule has 2 aromatic carbocycles. The van der Waals surface area contributed by atoms with Crippen LogP contribution >= 0.6 is 0 Å². The number of halogens is 2. The number of pyridine rings is 1. The molecule has 0 unspecified atom stereocenters. The van der Waals surface area contributed by atoms with Crippen LogP contribution < -0.4 is 14.8 Å². The van der Waals surface area contributed by atoms with Crippen LogP contribution in [0.25, 0.3) is 16.8 Å². The minimum atomic E-state index is -3.57. The predicted molar refractivity (Wildman–Crippen MR) is 127 cm³/mol. The van der Waals surface area contributed by atoms with E-state index in [1.165, 1.54) is 19.1 Å². The summed E-state index contributed by atoms with van der Waals surface area (Å²) in [5, 5.41) is 20.2. The van der Waals surface area contributed by atoms with Crippen LogP contribution in [0.15, 0.2) is 48.7 Å². The number of anilines is 2. The molecule has 4 aromatic rings. The molecule has 0 amide bonds. The van der Waals surface area contributed by atoms with Crippen LogP contribution in [0.4, 0.5) is 20.2 Å². The van der Waals surface area contributed by atoms with Crippen molar-refractivity contribution in [1.29, 1.82) is 5.26 Å². The number of sulfonamides is 1. The maximum absolute atomic E-state index is 14.3. The number of nitrogens with one attached hydrogen (secondary N) is 2. The first-order valence-corrected chi connectivity index (χ1v) is 12.1. The van der Waals surface area contributed by atoms with Crippen LogP contribution in [0.3, 0.4) is 0 Å². The lowest BCUT2D eigenvalue weighted by Crippen LogP contribution is -2.14. The molecular formula is C23H20F2N6O3S. The zero-order valence-corrected chi connectivity index (χ0v) is 19.5. The van der Waals surface area contributed by atoms with Gasteiger partial charge >= 0.3 is 0 Å². The molecule has 9 nitrogen and oxygen atoms in total. The summed E-state index contributed by atoms with van der Waals surface area (Å²) >= 11 is 0. The molecule has 0 radical (unpaired) electrons. The van der Waals surface area contributed by atoms with Gasteiger partial charge in [0.05, 0.1) is 17.5 Å². The molecule has 0 aliphatic rings. The molecule has 2 aromatic heterocycles. The average Bonchev–Trinajstić information content (AvgIpc) is 3.20. The number of hydrogen-bond acceptors (Lipinski definition) is 7. The van der Waals surface area contributed by atoms with E-state index in [-0.39, 0.29) is 29.5 Å². The third-order valence-corrected chi connectivity index (χ3v) is 6.40. The second-order valence-corrected chi connectivity index (χ2v) is 9.50. The molecule has 0 saturated heterocycles. The molecule has 4 rings (SSSR count). The van der Waals surface area contributed by atoms with E-state index in [0.29, 0.717) is 34.4 Å². The molecule has 2 N–H and O–H groups in total. The van der Waals surface area contributed by atoms with Crippen molar-refractivity contribution in [2.75, 3.05) is 22.3 Å². The Bertz CT molecular complexity index is 1560. The quantitative estimate of drug-likeness (QED) is 0.344. The molecule has 0 atom stereocenters. The van der Waals surface area contributed by atoms with Crippen molar-refractivity contribution < 1.29 is 21.9 Å². The number of hydrogen-bond donors (Lipinski definition) is 2. The van der Waals surface area contributed by atoms with Gasteiger partial charge in [-0.3, -0.25) is 9.12 Å². The number of rotatable bonds is 8. The molecule has 0 spiro atoms. The fraction of sp³-hybridized carbons (Fsp3) is 0.174. The van der Waals surface area contributed by atoms with Gasteiger partial charge in [-0.25, -0.2) is 17.2 Å². The van der Waals surface area contributed by atoms with Gasteiger partial charge < -0.3 is 10.1 Å². The summed E-state index contributed by atoms with van der Waals surface area (Å²) < 4.78 is 61.9. The van der Waals surface area contributed by atoms with Crippen LogP contribution in [0, 0.1) is 29.9 Å². The van der Waals surface area contributed by atoms with E-state index >= 15 is 0 Å². The van der Waals surface area contributed by atoms with E-state index in [1.54, 1.807) is 29.7 Å². The van der Waals surface area contributed by atoms with Gasteiger partial charge in [-0.1, -0.05) is 0 Å². The lowest BCUT2D eigenvalue weighted by Gasteiger charge is -2.16. The van der Waals surface area contributed by atoms with Gasteiger partial charge in [-0.15, -0.1) is 10.2 Å². The maximum Gasteiger partial charge on any atom is 0.232 e. The van der Waals surface area contributed by atoms with Gasteiger partial charge in [0.1, 0.15) is 23.9 Å². The van der Waals surface area contributed by atoms with E-state index < -0.39 is 21.7 Å². The molecule has 12 heteroatoms. The number of fused-ring (bicyclic) bond motifs is 1. The zero-order chi connectivity index (χ0) is 25.2. The van der Waals surface area contributed by atoms with Crippen molar-refractivity contribution in [3.05, 3.63) is 66.1 Å². The van der Waals surface area contributed by atoms with Gasteiger partial charge in [0, 0.05) is 29.1 Å². The van der Waals surface area contributed by atoms with E-state index in [9.17, 15) is 17.2 Å². The van der Waals surface area contributed by atoms with Gasteiger partial charge in [-0.05, 0) is 50.2 Å². The Kier molecular flexibility index (Phi) is 6.52. The van der Waals surface area contributed by atoms with Crippen LogP contribution in [0.1, 0.15) is 12.7 Å². The number of aromatic nitrogens is 3. The van der Waals surface area contributed by atoms with Crippen molar-refractivity contribution in [2.45, 2.75) is 13.8 Å². The second kappa shape index (κ2) is 9.55. The van der Waals surface area contributed by atoms with Crippen LogP contribution in [-0.2, 0) is 10.0 Å². The van der Waals surface area contributed by atoms with Crippen LogP contribution in [0.2, 0.25) is 0 Å². The molecule has 0 saturated carbocycles. The van der Waals surface area contributed by atoms with Crippen LogP contribution in [-0.4, -0.2) is 35.3 Å². The Balaban J connectivity index is 1.89. The zero-order valence-electron chi connectivity index (χ0n) is 18.7. The third kappa shape index (κ3) is 5.15. The first-order chi connectivity index (χ1) is 16.7. The highest BCUT2D eigenvalue weighted by atomic mass is 32.2. The fourth-order valence-electron chi connectivity index (χ4n) is 3.35. The highest BCUT2D eigenvalue weighted by Gasteiger charge is 2.17. The lowest BCUT2D eigenvalue weighted by molar-refractivity contribution is 0.439. The normalized spacial score (nSPS) is 11.3. The van der Waals surface area contributed by atoms with Crippen LogP contribution in [0.5, 0.6) is 11.5 Å². The molecular weight excluding hydrogens is 478 g/mol. The standard InChI is InChI=1S/C23H20F2N6O3S/c1-3-35(32,33)30-17-5-7-21(34-22-6-4-16(24)11-19(22)25)18(12-17)15-10-20(27-9-8-26)23-29-28-14(2)31(23)13-15/h4-7,10-13,27,30H,3,9H2,1-2H3. The molecule has 2 heterocycles. The highest BCUT2D eigenvalue weighted by Crippen LogP contribution is 2.38. The largest absolute Gasteiger partial charge is 0.454 e. The Morgan fingerprint density at radius 2 is 1.89 bits per heavy atom. The van der Waals surface area contributed by atoms with Gasteiger partial charge in [0.15, 0.2) is 17.2 Å². The number of aryl methyl sites for hydroxylation is 1. The topological polar surface area (TPSA) is 121 Å². The highest BCUT2D eigenvalue weighted by molar-refractivity contribution is 7.92. The maximum atomic E-state index is 14.3. The summed E-state index contributed by atoms with van der Waals surface area (Å²) in [4.78, 5) is 0. The summed E-state index contributed by atoms with van der Waals surface area (Å²) in [7, 11) is -3.57. The van der Waals surface area contributed by atoms with Gasteiger partial charge in [0.2, 0.25) is 10.0 Å². The molecule has 0 fully saturated rings. The van der Waals surface area contributed by atoms with Crippen molar-refractivity contribution >= 4 is 27.0 Å². The van der Waals surface area contributed by atoms with Crippen molar-refractivity contribution in [3.63, 3.8) is 0 Å². The summed E-state index contributed by atoms with van der Waals surface area (Å²) in [6, 6.07) is 11.1. The minimum absolute atomic E-state index is 0.00546. The summed E-state index contributed by atoms with van der Waals surface area (Å²) in [6.45, 7) is 3.26. The molecule has 0 bridgehead atoms. The minimum Gasteiger partial charge on any atom is -0.454 e. The monoisotopic (exact) mass is 498 g/mol. The molecule has 180 valence electrons. The third-order valence-electron chi connectivity index (χ3n) is 5.09. The Morgan fingerprint density at radius 1 is 1.11 bits per heavy atom. The van der Waals surface area contributed by atoms with Crippen molar-refractivity contribution in [2.24, 2.45) is 0 Å². The Hall–Kier alpha value is -4.24. The van der Waals surface area contributed by atoms with Gasteiger partial charge in [0.25, 0.3) is 0 Å². The van der Waals surface area contributed by atoms with Crippen molar-refractivity contribution in [3.8, 4) is 28.7 Å². The number of ether oxygens (including phenoxy) is 1. The average molecular weight is 499 g/mol. The van der Waals surface area contributed by atoms with E-state index in [4.69, 9.17) is 10.00 Å². The second-order valence-electron chi connectivity index (χ2n) is 7.49. The molecule has 0 aliphatic heterocycles.